The van der Waals surface area contributed by atoms with E-state index >= 15 is 0 Å². The molecule has 0 heterocycles. The van der Waals surface area contributed by atoms with Crippen molar-refractivity contribution in [2.75, 3.05) is 14.2 Å². The molecule has 0 amide bonds. The Morgan fingerprint density at radius 2 is 1.44 bits per heavy atom. The molecular weight excluding hydrogens is 232 g/mol. The van der Waals surface area contributed by atoms with Crippen LogP contribution in [0.5, 0.6) is 0 Å². The molecule has 4 heteroatoms. The van der Waals surface area contributed by atoms with Gasteiger partial charge in [-0.3, -0.25) is 9.59 Å². The first kappa shape index (κ1) is 14.2. The van der Waals surface area contributed by atoms with Crippen LogP contribution in [0.25, 0.3) is 0 Å². The summed E-state index contributed by atoms with van der Waals surface area (Å²) in [6.45, 7) is 3.58. The van der Waals surface area contributed by atoms with Crippen LogP contribution in [0.15, 0.2) is 30.3 Å². The van der Waals surface area contributed by atoms with Crippen molar-refractivity contribution >= 4 is 11.9 Å². The molecule has 0 aromatic heterocycles. The summed E-state index contributed by atoms with van der Waals surface area (Å²) in [6, 6.07) is 8.83. The highest BCUT2D eigenvalue weighted by Gasteiger charge is 2.52. The Balaban J connectivity index is 3.49. The number of ether oxygens (including phenoxy) is 2. The minimum absolute atomic E-state index is 0.278. The van der Waals surface area contributed by atoms with E-state index in [0.717, 1.165) is 0 Å². The smallest absolute Gasteiger partial charge is 0.328 e. The van der Waals surface area contributed by atoms with Crippen molar-refractivity contribution in [2.24, 2.45) is 5.92 Å². The van der Waals surface area contributed by atoms with Crippen LogP contribution in [0.3, 0.4) is 0 Å². The van der Waals surface area contributed by atoms with Gasteiger partial charge in [0.15, 0.2) is 5.41 Å². The van der Waals surface area contributed by atoms with Gasteiger partial charge >= 0.3 is 11.9 Å². The lowest BCUT2D eigenvalue weighted by molar-refractivity contribution is -0.164. The lowest BCUT2D eigenvalue weighted by Crippen LogP contribution is -2.49. The molecule has 1 rings (SSSR count). The third-order valence-electron chi connectivity index (χ3n) is 3.11. The minimum Gasteiger partial charge on any atom is -0.468 e. The fraction of sp³-hybridized carbons (Fsp3) is 0.429. The van der Waals surface area contributed by atoms with Crippen LogP contribution in [0.1, 0.15) is 19.4 Å². The van der Waals surface area contributed by atoms with Gasteiger partial charge in [0.25, 0.3) is 0 Å². The zero-order chi connectivity index (χ0) is 13.8. The third kappa shape index (κ3) is 2.10. The maximum atomic E-state index is 12.2. The molecule has 0 spiro atoms. The van der Waals surface area contributed by atoms with E-state index in [1.54, 1.807) is 38.1 Å². The van der Waals surface area contributed by atoms with E-state index in [9.17, 15) is 9.59 Å². The third-order valence-corrected chi connectivity index (χ3v) is 3.11. The number of carbonyl (C=O) groups excluding carboxylic acids is 2. The van der Waals surface area contributed by atoms with E-state index in [4.69, 9.17) is 9.47 Å². The Morgan fingerprint density at radius 1 is 1.00 bits per heavy atom. The predicted octanol–water partition coefficient (Wildman–Crippen LogP) is 1.93. The highest BCUT2D eigenvalue weighted by atomic mass is 16.5. The summed E-state index contributed by atoms with van der Waals surface area (Å²) in [6.07, 6.45) is 0. The van der Waals surface area contributed by atoms with Crippen LogP contribution >= 0.6 is 0 Å². The van der Waals surface area contributed by atoms with E-state index in [1.165, 1.54) is 14.2 Å². The molecule has 98 valence electrons. The van der Waals surface area contributed by atoms with Gasteiger partial charge in [0.05, 0.1) is 14.2 Å². The maximum absolute atomic E-state index is 12.2. The van der Waals surface area contributed by atoms with E-state index < -0.39 is 17.4 Å². The quantitative estimate of drug-likeness (QED) is 0.605. The number of carbonyl (C=O) groups is 2. The molecule has 0 saturated carbocycles. The van der Waals surface area contributed by atoms with Gasteiger partial charge in [0.1, 0.15) is 0 Å². The van der Waals surface area contributed by atoms with Crippen molar-refractivity contribution in [2.45, 2.75) is 19.3 Å². The lowest BCUT2D eigenvalue weighted by Gasteiger charge is -2.32. The average molecular weight is 250 g/mol. The molecule has 0 atom stereocenters. The fourth-order valence-electron chi connectivity index (χ4n) is 2.15. The molecule has 18 heavy (non-hydrogen) atoms. The van der Waals surface area contributed by atoms with Gasteiger partial charge in [-0.25, -0.2) is 0 Å². The molecule has 0 N–H and O–H groups in total. The number of rotatable bonds is 4. The standard InChI is InChI=1S/C14H18O4/c1-10(2)14(12(15)17-3,13(16)18-4)11-8-6-5-7-9-11/h5-10H,1-4H3. The minimum atomic E-state index is -1.41. The highest BCUT2D eigenvalue weighted by Crippen LogP contribution is 2.35. The summed E-state index contributed by atoms with van der Waals surface area (Å²) in [7, 11) is 2.54. The topological polar surface area (TPSA) is 52.6 Å². The Bertz CT molecular complexity index is 407. The zero-order valence-corrected chi connectivity index (χ0v) is 11.1. The maximum Gasteiger partial charge on any atom is 0.328 e. The Morgan fingerprint density at radius 3 is 1.78 bits per heavy atom. The molecular formula is C14H18O4. The van der Waals surface area contributed by atoms with Gasteiger partial charge in [-0.2, -0.15) is 0 Å². The van der Waals surface area contributed by atoms with Crippen molar-refractivity contribution in [3.05, 3.63) is 35.9 Å². The molecule has 0 aliphatic rings. The number of hydrogen-bond acceptors (Lipinski definition) is 4. The van der Waals surface area contributed by atoms with E-state index in [0.29, 0.717) is 5.56 Å². The first-order valence-corrected chi connectivity index (χ1v) is 5.74. The summed E-state index contributed by atoms with van der Waals surface area (Å²) in [5, 5.41) is 0. The zero-order valence-electron chi connectivity index (χ0n) is 11.1. The summed E-state index contributed by atoms with van der Waals surface area (Å²) in [4.78, 5) is 24.3. The number of methoxy groups -OCH3 is 2. The molecule has 0 fully saturated rings. The van der Waals surface area contributed by atoms with Crippen LogP contribution < -0.4 is 0 Å². The molecule has 1 aromatic rings. The molecule has 0 radical (unpaired) electrons. The lowest BCUT2D eigenvalue weighted by atomic mass is 9.71. The van der Waals surface area contributed by atoms with Crippen LogP contribution in [-0.4, -0.2) is 26.2 Å². The first-order chi connectivity index (χ1) is 8.51. The first-order valence-electron chi connectivity index (χ1n) is 5.74. The van der Waals surface area contributed by atoms with Gasteiger partial charge in [0, 0.05) is 0 Å². The molecule has 0 aliphatic heterocycles. The van der Waals surface area contributed by atoms with Gasteiger partial charge in [-0.1, -0.05) is 44.2 Å². The molecule has 0 bridgehead atoms. The Labute approximate surface area is 107 Å². The predicted molar refractivity (Wildman–Crippen MR) is 67.0 cm³/mol. The van der Waals surface area contributed by atoms with Crippen molar-refractivity contribution in [1.29, 1.82) is 0 Å². The Kier molecular flexibility index (Phi) is 4.48. The average Bonchev–Trinajstić information content (AvgIpc) is 2.39. The summed E-state index contributed by atoms with van der Waals surface area (Å²) in [5.74, 6) is -1.48. The summed E-state index contributed by atoms with van der Waals surface area (Å²) >= 11 is 0. The second-order valence-corrected chi connectivity index (χ2v) is 4.31. The number of esters is 2. The van der Waals surface area contributed by atoms with Gasteiger partial charge in [-0.05, 0) is 11.5 Å². The number of benzene rings is 1. The summed E-state index contributed by atoms with van der Waals surface area (Å²) in [5.41, 5.74) is -0.830. The van der Waals surface area contributed by atoms with Crippen molar-refractivity contribution in [3.63, 3.8) is 0 Å². The van der Waals surface area contributed by atoms with Crippen LogP contribution in [0, 0.1) is 5.92 Å². The second-order valence-electron chi connectivity index (χ2n) is 4.31. The molecule has 0 aliphatic carbocycles. The highest BCUT2D eigenvalue weighted by molar-refractivity contribution is 6.06. The van der Waals surface area contributed by atoms with Gasteiger partial charge in [-0.15, -0.1) is 0 Å². The van der Waals surface area contributed by atoms with Crippen LogP contribution in [0.2, 0.25) is 0 Å². The molecule has 0 unspecified atom stereocenters. The van der Waals surface area contributed by atoms with Crippen LogP contribution in [-0.2, 0) is 24.5 Å². The SMILES string of the molecule is COC(=O)C(C(=O)OC)(c1ccccc1)C(C)C. The molecule has 0 saturated heterocycles. The Hall–Kier alpha value is -1.84. The normalized spacial score (nSPS) is 11.2. The van der Waals surface area contributed by atoms with Gasteiger partial charge in [0.2, 0.25) is 0 Å². The summed E-state index contributed by atoms with van der Waals surface area (Å²) < 4.78 is 9.63. The van der Waals surface area contributed by atoms with E-state index in [1.807, 2.05) is 6.07 Å². The van der Waals surface area contributed by atoms with E-state index in [-0.39, 0.29) is 5.92 Å². The molecule has 1 aromatic carbocycles. The van der Waals surface area contributed by atoms with Crippen LogP contribution in [0.4, 0.5) is 0 Å². The molecule has 4 nitrogen and oxygen atoms in total. The fourth-order valence-corrected chi connectivity index (χ4v) is 2.15. The largest absolute Gasteiger partial charge is 0.468 e. The van der Waals surface area contributed by atoms with Crippen molar-refractivity contribution in [3.8, 4) is 0 Å². The van der Waals surface area contributed by atoms with E-state index in [2.05, 4.69) is 0 Å². The van der Waals surface area contributed by atoms with Crippen molar-refractivity contribution < 1.29 is 19.1 Å². The second kappa shape index (κ2) is 5.67. The van der Waals surface area contributed by atoms with Crippen molar-refractivity contribution in [1.82, 2.24) is 0 Å². The number of hydrogen-bond donors (Lipinski definition) is 0. The monoisotopic (exact) mass is 250 g/mol. The van der Waals surface area contributed by atoms with Gasteiger partial charge < -0.3 is 9.47 Å².